The Balaban J connectivity index is 1.76. The van der Waals surface area contributed by atoms with Crippen molar-refractivity contribution in [2.75, 3.05) is 19.8 Å². The van der Waals surface area contributed by atoms with E-state index in [-0.39, 0.29) is 0 Å². The van der Waals surface area contributed by atoms with Gasteiger partial charge in [-0.3, -0.25) is 0 Å². The molecule has 0 aromatic heterocycles. The molecule has 0 bridgehead atoms. The molecule has 1 aromatic rings. The summed E-state index contributed by atoms with van der Waals surface area (Å²) in [6, 6.07) is 7.93. The second-order valence-corrected chi connectivity index (χ2v) is 5.27. The average molecular weight is 271 g/mol. The fourth-order valence-electron chi connectivity index (χ4n) is 1.54. The molecule has 1 aliphatic heterocycles. The van der Waals surface area contributed by atoms with Crippen molar-refractivity contribution in [3.8, 4) is 5.75 Å². The van der Waals surface area contributed by atoms with Crippen LogP contribution < -0.4 is 4.74 Å². The molecule has 0 unspecified atom stereocenters. The molecular formula is C12H15BrO2. The molecule has 1 aliphatic rings. The third kappa shape index (κ3) is 2.95. The van der Waals surface area contributed by atoms with Crippen molar-refractivity contribution in [2.24, 2.45) is 5.41 Å². The summed E-state index contributed by atoms with van der Waals surface area (Å²) in [4.78, 5) is 0. The molecular weight excluding hydrogens is 256 g/mol. The Kier molecular flexibility index (Phi) is 3.32. The molecule has 2 nitrogen and oxygen atoms in total. The Bertz CT molecular complexity index is 317. The number of benzene rings is 1. The topological polar surface area (TPSA) is 18.5 Å². The van der Waals surface area contributed by atoms with Gasteiger partial charge in [-0.2, -0.15) is 0 Å². The Morgan fingerprint density at radius 1 is 1.33 bits per heavy atom. The molecule has 1 aromatic carbocycles. The standard InChI is InChI=1S/C12H15BrO2/c1-12(8-14-9-12)6-7-15-11-4-2-10(13)3-5-11/h2-5H,6-9H2,1H3. The first-order valence-corrected chi connectivity index (χ1v) is 5.93. The minimum absolute atomic E-state index is 0.343. The van der Waals surface area contributed by atoms with Gasteiger partial charge in [0.15, 0.2) is 0 Å². The van der Waals surface area contributed by atoms with Crippen molar-refractivity contribution in [1.29, 1.82) is 0 Å². The lowest BCUT2D eigenvalue weighted by molar-refractivity contribution is -0.109. The van der Waals surface area contributed by atoms with Crippen molar-refractivity contribution >= 4 is 15.9 Å². The lowest BCUT2D eigenvalue weighted by atomic mass is 9.85. The highest BCUT2D eigenvalue weighted by molar-refractivity contribution is 9.10. The van der Waals surface area contributed by atoms with Crippen LogP contribution in [0.5, 0.6) is 5.75 Å². The van der Waals surface area contributed by atoms with Gasteiger partial charge in [0.05, 0.1) is 19.8 Å². The molecule has 0 saturated carbocycles. The number of rotatable bonds is 4. The van der Waals surface area contributed by atoms with E-state index in [1.54, 1.807) is 0 Å². The molecule has 1 saturated heterocycles. The van der Waals surface area contributed by atoms with Crippen LogP contribution in [0.4, 0.5) is 0 Å². The van der Waals surface area contributed by atoms with Crippen molar-refractivity contribution in [3.63, 3.8) is 0 Å². The van der Waals surface area contributed by atoms with Crippen LogP contribution in [0.3, 0.4) is 0 Å². The van der Waals surface area contributed by atoms with Gasteiger partial charge in [0.2, 0.25) is 0 Å². The summed E-state index contributed by atoms with van der Waals surface area (Å²) in [7, 11) is 0. The van der Waals surface area contributed by atoms with Crippen molar-refractivity contribution in [3.05, 3.63) is 28.7 Å². The zero-order valence-electron chi connectivity index (χ0n) is 8.83. The predicted molar refractivity (Wildman–Crippen MR) is 63.2 cm³/mol. The highest BCUT2D eigenvalue weighted by Crippen LogP contribution is 2.30. The first-order valence-electron chi connectivity index (χ1n) is 5.14. The summed E-state index contributed by atoms with van der Waals surface area (Å²) in [5.41, 5.74) is 0.343. The molecule has 82 valence electrons. The Morgan fingerprint density at radius 3 is 2.53 bits per heavy atom. The molecule has 15 heavy (non-hydrogen) atoms. The number of ether oxygens (including phenoxy) is 2. The van der Waals surface area contributed by atoms with E-state index in [0.29, 0.717) is 5.41 Å². The van der Waals surface area contributed by atoms with E-state index in [9.17, 15) is 0 Å². The smallest absolute Gasteiger partial charge is 0.119 e. The third-order valence-electron chi connectivity index (χ3n) is 2.69. The summed E-state index contributed by atoms with van der Waals surface area (Å²) < 4.78 is 11.9. The zero-order chi connectivity index (χ0) is 10.7. The van der Waals surface area contributed by atoms with Crippen molar-refractivity contribution in [2.45, 2.75) is 13.3 Å². The van der Waals surface area contributed by atoms with E-state index in [1.807, 2.05) is 24.3 Å². The molecule has 0 amide bonds. The van der Waals surface area contributed by atoms with E-state index < -0.39 is 0 Å². The van der Waals surface area contributed by atoms with Gasteiger partial charge in [-0.15, -0.1) is 0 Å². The van der Waals surface area contributed by atoms with Crippen LogP contribution >= 0.6 is 15.9 Å². The van der Waals surface area contributed by atoms with Crippen LogP contribution in [0.2, 0.25) is 0 Å². The number of hydrogen-bond donors (Lipinski definition) is 0. The minimum atomic E-state index is 0.343. The summed E-state index contributed by atoms with van der Waals surface area (Å²) >= 11 is 3.39. The van der Waals surface area contributed by atoms with Crippen LogP contribution in [0, 0.1) is 5.41 Å². The van der Waals surface area contributed by atoms with E-state index in [1.165, 1.54) is 0 Å². The van der Waals surface area contributed by atoms with Gasteiger partial charge in [0, 0.05) is 9.89 Å². The Morgan fingerprint density at radius 2 is 2.00 bits per heavy atom. The maximum absolute atomic E-state index is 5.66. The summed E-state index contributed by atoms with van der Waals surface area (Å²) in [6.45, 7) is 4.75. The summed E-state index contributed by atoms with van der Waals surface area (Å²) in [5.74, 6) is 0.932. The molecule has 0 atom stereocenters. The van der Waals surface area contributed by atoms with Crippen LogP contribution in [-0.4, -0.2) is 19.8 Å². The quantitative estimate of drug-likeness (QED) is 0.836. The van der Waals surface area contributed by atoms with Crippen molar-refractivity contribution in [1.82, 2.24) is 0 Å². The SMILES string of the molecule is CC1(CCOc2ccc(Br)cc2)COC1. The molecule has 0 aliphatic carbocycles. The largest absolute Gasteiger partial charge is 0.494 e. The molecule has 1 fully saturated rings. The van der Waals surface area contributed by atoms with Crippen LogP contribution in [0.1, 0.15) is 13.3 Å². The monoisotopic (exact) mass is 270 g/mol. The zero-order valence-corrected chi connectivity index (χ0v) is 10.4. The normalized spacial score (nSPS) is 18.3. The molecule has 0 spiro atoms. The second-order valence-electron chi connectivity index (χ2n) is 4.36. The molecule has 3 heteroatoms. The van der Waals surface area contributed by atoms with Gasteiger partial charge in [0.25, 0.3) is 0 Å². The Hall–Kier alpha value is -0.540. The van der Waals surface area contributed by atoms with Crippen LogP contribution in [0.15, 0.2) is 28.7 Å². The van der Waals surface area contributed by atoms with Gasteiger partial charge in [-0.05, 0) is 30.7 Å². The third-order valence-corrected chi connectivity index (χ3v) is 3.22. The van der Waals surface area contributed by atoms with Gasteiger partial charge < -0.3 is 9.47 Å². The van der Waals surface area contributed by atoms with E-state index >= 15 is 0 Å². The van der Waals surface area contributed by atoms with E-state index in [0.717, 1.165) is 36.5 Å². The predicted octanol–water partition coefficient (Wildman–Crippen LogP) is 3.25. The fourth-order valence-corrected chi connectivity index (χ4v) is 1.81. The van der Waals surface area contributed by atoms with Crippen molar-refractivity contribution < 1.29 is 9.47 Å². The number of halogens is 1. The van der Waals surface area contributed by atoms with E-state index in [4.69, 9.17) is 9.47 Å². The lowest BCUT2D eigenvalue weighted by Crippen LogP contribution is -2.40. The molecule has 1 heterocycles. The minimum Gasteiger partial charge on any atom is -0.494 e. The van der Waals surface area contributed by atoms with Gasteiger partial charge in [-0.1, -0.05) is 22.9 Å². The van der Waals surface area contributed by atoms with Crippen LogP contribution in [0.25, 0.3) is 0 Å². The summed E-state index contributed by atoms with van der Waals surface area (Å²) in [5, 5.41) is 0. The first kappa shape index (κ1) is 11.0. The molecule has 0 N–H and O–H groups in total. The molecule has 0 radical (unpaired) electrons. The van der Waals surface area contributed by atoms with Gasteiger partial charge in [0.1, 0.15) is 5.75 Å². The highest BCUT2D eigenvalue weighted by Gasteiger charge is 2.32. The molecule has 2 rings (SSSR count). The van der Waals surface area contributed by atoms with Crippen LogP contribution in [-0.2, 0) is 4.74 Å². The lowest BCUT2D eigenvalue weighted by Gasteiger charge is -2.37. The van der Waals surface area contributed by atoms with E-state index in [2.05, 4.69) is 22.9 Å². The second kappa shape index (κ2) is 4.54. The summed E-state index contributed by atoms with van der Waals surface area (Å²) in [6.07, 6.45) is 1.06. The Labute approximate surface area is 98.7 Å². The maximum atomic E-state index is 5.66. The van der Waals surface area contributed by atoms with Gasteiger partial charge in [-0.25, -0.2) is 0 Å². The average Bonchev–Trinajstić information content (AvgIpc) is 2.19. The van der Waals surface area contributed by atoms with Gasteiger partial charge >= 0.3 is 0 Å². The maximum Gasteiger partial charge on any atom is 0.119 e. The highest BCUT2D eigenvalue weighted by atomic mass is 79.9. The number of hydrogen-bond acceptors (Lipinski definition) is 2. The first-order chi connectivity index (χ1) is 7.18. The fraction of sp³-hybridized carbons (Fsp3) is 0.500.